The van der Waals surface area contributed by atoms with Gasteiger partial charge in [-0.2, -0.15) is 0 Å². The van der Waals surface area contributed by atoms with Crippen LogP contribution in [-0.2, 0) is 10.0 Å². The highest BCUT2D eigenvalue weighted by molar-refractivity contribution is 7.92. The molecule has 0 spiro atoms. The van der Waals surface area contributed by atoms with Crippen LogP contribution in [0.5, 0.6) is 5.75 Å². The highest BCUT2D eigenvalue weighted by Crippen LogP contribution is 2.28. The van der Waals surface area contributed by atoms with Crippen molar-refractivity contribution in [3.8, 4) is 5.75 Å². The Balaban J connectivity index is 2.22. The molecular weight excluding hydrogens is 316 g/mol. The molecule has 1 N–H and O–H groups in total. The van der Waals surface area contributed by atoms with E-state index in [1.807, 2.05) is 6.92 Å². The van der Waals surface area contributed by atoms with Crippen LogP contribution in [0.2, 0.25) is 5.02 Å². The van der Waals surface area contributed by atoms with Gasteiger partial charge in [0.05, 0.1) is 16.5 Å². The van der Waals surface area contributed by atoms with Gasteiger partial charge in [0.1, 0.15) is 11.5 Å². The fraction of sp³-hybridized carbons (Fsp3) is 0.308. The second-order valence-corrected chi connectivity index (χ2v) is 6.46. The van der Waals surface area contributed by atoms with Crippen molar-refractivity contribution >= 4 is 27.4 Å². The number of nitrogens with zero attached hydrogens (tertiary/aromatic N) is 1. The van der Waals surface area contributed by atoms with Crippen molar-refractivity contribution in [2.45, 2.75) is 25.2 Å². The minimum absolute atomic E-state index is 0.0250. The van der Waals surface area contributed by atoms with Crippen LogP contribution in [0, 0.1) is 6.92 Å². The van der Waals surface area contributed by atoms with E-state index in [4.69, 9.17) is 20.9 Å². The van der Waals surface area contributed by atoms with Crippen molar-refractivity contribution in [3.63, 3.8) is 0 Å². The van der Waals surface area contributed by atoms with Gasteiger partial charge in [-0.05, 0) is 31.5 Å². The zero-order valence-corrected chi connectivity index (χ0v) is 13.2. The minimum Gasteiger partial charge on any atom is -0.492 e. The van der Waals surface area contributed by atoms with Crippen LogP contribution >= 0.6 is 11.6 Å². The minimum atomic E-state index is -3.77. The molecule has 0 aliphatic rings. The number of rotatable bonds is 6. The molecule has 0 saturated heterocycles. The molecule has 0 fully saturated rings. The molecule has 0 saturated carbocycles. The maximum atomic E-state index is 12.2. The molecule has 0 aliphatic carbocycles. The number of halogens is 1. The van der Waals surface area contributed by atoms with Gasteiger partial charge in [-0.3, -0.25) is 4.72 Å². The van der Waals surface area contributed by atoms with Gasteiger partial charge in [-0.1, -0.05) is 23.7 Å². The first kappa shape index (κ1) is 15.7. The van der Waals surface area contributed by atoms with E-state index >= 15 is 0 Å². The summed E-state index contributed by atoms with van der Waals surface area (Å²) in [5.41, 5.74) is 0. The molecule has 1 aromatic heterocycles. The van der Waals surface area contributed by atoms with Gasteiger partial charge >= 0.3 is 0 Å². The second kappa shape index (κ2) is 6.36. The molecule has 1 aromatic carbocycles. The summed E-state index contributed by atoms with van der Waals surface area (Å²) < 4.78 is 36.9. The Morgan fingerprint density at radius 2 is 2.14 bits per heavy atom. The van der Waals surface area contributed by atoms with Crippen LogP contribution in [0.1, 0.15) is 19.1 Å². The quantitative estimate of drug-likeness (QED) is 0.879. The number of hydrogen-bond donors (Lipinski definition) is 1. The van der Waals surface area contributed by atoms with Crippen LogP contribution in [-0.4, -0.2) is 20.2 Å². The number of anilines is 1. The summed E-state index contributed by atoms with van der Waals surface area (Å²) in [6.45, 7) is 4.15. The Hall–Kier alpha value is -1.73. The lowest BCUT2D eigenvalue weighted by Crippen LogP contribution is -2.13. The third kappa shape index (κ3) is 3.89. The fourth-order valence-corrected chi connectivity index (χ4v) is 2.90. The van der Waals surface area contributed by atoms with Gasteiger partial charge in [-0.25, -0.2) is 8.42 Å². The molecular formula is C13H15ClN2O4S. The Kier molecular flexibility index (Phi) is 4.74. The lowest BCUT2D eigenvalue weighted by atomic mass is 10.3. The maximum Gasteiger partial charge on any atom is 0.263 e. The number of hydrogen-bond acceptors (Lipinski definition) is 5. The molecule has 0 atom stereocenters. The first-order valence-electron chi connectivity index (χ1n) is 6.31. The van der Waals surface area contributed by atoms with Crippen molar-refractivity contribution < 1.29 is 17.7 Å². The topological polar surface area (TPSA) is 81.4 Å². The number of ether oxygens (including phenoxy) is 1. The predicted molar refractivity (Wildman–Crippen MR) is 79.3 cm³/mol. The van der Waals surface area contributed by atoms with Crippen LogP contribution in [0.3, 0.4) is 0 Å². The Labute approximate surface area is 128 Å². The SMILES string of the molecule is CCCOc1ccc(S(=O)(=O)Nc2cc(C)on2)cc1Cl. The number of aromatic nitrogens is 1. The monoisotopic (exact) mass is 330 g/mol. The van der Waals surface area contributed by atoms with Crippen molar-refractivity contribution in [1.82, 2.24) is 5.16 Å². The smallest absolute Gasteiger partial charge is 0.263 e. The molecule has 1 heterocycles. The van der Waals surface area contributed by atoms with Crippen LogP contribution in [0.4, 0.5) is 5.82 Å². The van der Waals surface area contributed by atoms with Crippen LogP contribution in [0.25, 0.3) is 0 Å². The normalized spacial score (nSPS) is 11.4. The highest BCUT2D eigenvalue weighted by Gasteiger charge is 2.18. The predicted octanol–water partition coefficient (Wildman–Crippen LogP) is 3.23. The van der Waals surface area contributed by atoms with Crippen LogP contribution < -0.4 is 9.46 Å². The highest BCUT2D eigenvalue weighted by atomic mass is 35.5. The van der Waals surface area contributed by atoms with Gasteiger partial charge in [0.2, 0.25) is 0 Å². The first-order valence-corrected chi connectivity index (χ1v) is 8.17. The molecule has 6 nitrogen and oxygen atoms in total. The number of benzene rings is 1. The Morgan fingerprint density at radius 1 is 1.38 bits per heavy atom. The Morgan fingerprint density at radius 3 is 2.71 bits per heavy atom. The van der Waals surface area contributed by atoms with Gasteiger partial charge in [-0.15, -0.1) is 0 Å². The summed E-state index contributed by atoms with van der Waals surface area (Å²) in [7, 11) is -3.77. The van der Waals surface area contributed by atoms with Crippen molar-refractivity contribution in [2.75, 3.05) is 11.3 Å². The second-order valence-electron chi connectivity index (χ2n) is 4.37. The van der Waals surface area contributed by atoms with Crippen molar-refractivity contribution in [3.05, 3.63) is 35.0 Å². The van der Waals surface area contributed by atoms with Crippen molar-refractivity contribution in [2.24, 2.45) is 0 Å². The molecule has 0 bridgehead atoms. The lowest BCUT2D eigenvalue weighted by molar-refractivity contribution is 0.317. The first-order chi connectivity index (χ1) is 9.92. The van der Waals surface area contributed by atoms with Crippen molar-refractivity contribution in [1.29, 1.82) is 0 Å². The average molecular weight is 331 g/mol. The standard InChI is InChI=1S/C13H15ClN2O4S/c1-3-6-19-12-5-4-10(8-11(12)14)21(17,18)16-13-7-9(2)20-15-13/h4-5,7-8H,3,6H2,1-2H3,(H,15,16). The average Bonchev–Trinajstić information content (AvgIpc) is 2.82. The van der Waals surface area contributed by atoms with E-state index in [2.05, 4.69) is 9.88 Å². The molecule has 2 aromatic rings. The molecule has 0 aliphatic heterocycles. The summed E-state index contributed by atoms with van der Waals surface area (Å²) in [4.78, 5) is 0.0250. The van der Waals surface area contributed by atoms with E-state index in [9.17, 15) is 8.42 Å². The molecule has 0 unspecified atom stereocenters. The summed E-state index contributed by atoms with van der Waals surface area (Å²) >= 11 is 6.03. The molecule has 8 heteroatoms. The van der Waals surface area contributed by atoms with Gasteiger partial charge in [0.25, 0.3) is 10.0 Å². The fourth-order valence-electron chi connectivity index (χ4n) is 1.59. The molecule has 21 heavy (non-hydrogen) atoms. The van der Waals surface area contributed by atoms with E-state index < -0.39 is 10.0 Å². The largest absolute Gasteiger partial charge is 0.492 e. The number of nitrogens with one attached hydrogen (secondary N) is 1. The summed E-state index contributed by atoms with van der Waals surface area (Å²) in [5, 5.41) is 3.82. The summed E-state index contributed by atoms with van der Waals surface area (Å²) in [6, 6.07) is 5.77. The number of aryl methyl sites for hydroxylation is 1. The van der Waals surface area contributed by atoms with Gasteiger partial charge < -0.3 is 9.26 Å². The Bertz CT molecular complexity index is 728. The van der Waals surface area contributed by atoms with Gasteiger partial charge in [0, 0.05) is 6.07 Å². The van der Waals surface area contributed by atoms with E-state index in [-0.39, 0.29) is 15.7 Å². The van der Waals surface area contributed by atoms with E-state index in [1.54, 1.807) is 6.92 Å². The third-order valence-electron chi connectivity index (χ3n) is 2.54. The zero-order valence-electron chi connectivity index (χ0n) is 11.6. The summed E-state index contributed by atoms with van der Waals surface area (Å²) in [5.74, 6) is 1.08. The molecule has 0 amide bonds. The number of sulfonamides is 1. The molecule has 114 valence electrons. The molecule has 2 rings (SSSR count). The maximum absolute atomic E-state index is 12.2. The lowest BCUT2D eigenvalue weighted by Gasteiger charge is -2.09. The van der Waals surface area contributed by atoms with E-state index in [1.165, 1.54) is 24.3 Å². The third-order valence-corrected chi connectivity index (χ3v) is 4.19. The van der Waals surface area contributed by atoms with E-state index in [0.717, 1.165) is 6.42 Å². The van der Waals surface area contributed by atoms with Crippen LogP contribution in [0.15, 0.2) is 33.7 Å². The zero-order chi connectivity index (χ0) is 15.5. The van der Waals surface area contributed by atoms with Gasteiger partial charge in [0.15, 0.2) is 5.82 Å². The molecule has 0 radical (unpaired) electrons. The van der Waals surface area contributed by atoms with E-state index in [0.29, 0.717) is 18.1 Å². The summed E-state index contributed by atoms with van der Waals surface area (Å²) in [6.07, 6.45) is 0.837.